The van der Waals surface area contributed by atoms with Crippen molar-refractivity contribution in [2.45, 2.75) is 45.3 Å². The molecule has 0 saturated carbocycles. The summed E-state index contributed by atoms with van der Waals surface area (Å²) in [6, 6.07) is 17.2. The Morgan fingerprint density at radius 2 is 1.56 bits per heavy atom. The van der Waals surface area contributed by atoms with Gasteiger partial charge in [-0.1, -0.05) is 47.5 Å². The molecule has 1 heterocycles. The standard InChI is InChI=1S/C30H29Cl2F3N4O3S/c1-5-42-28(41)38(19(2)3)43-39(25-16-10-22(11-17-25)30(33,34)35)27(40)37-18-29(4,21-8-14-24(32)15-9-21)26(36-37)20-6-12-23(31)13-7-20/h6-17,19H,5,18H2,1-4H3. The minimum atomic E-state index is -4.57. The number of alkyl halides is 3. The van der Waals surface area contributed by atoms with E-state index < -0.39 is 35.3 Å². The number of ether oxygens (including phenoxy) is 1. The van der Waals surface area contributed by atoms with Crippen LogP contribution in [0.2, 0.25) is 10.0 Å². The Hall–Kier alpha value is -3.41. The largest absolute Gasteiger partial charge is 0.449 e. The maximum atomic E-state index is 14.3. The van der Waals surface area contributed by atoms with Crippen molar-refractivity contribution < 1.29 is 27.5 Å². The van der Waals surface area contributed by atoms with Crippen LogP contribution in [-0.2, 0) is 16.3 Å². The highest BCUT2D eigenvalue weighted by Gasteiger charge is 2.45. The number of hydrogen-bond donors (Lipinski definition) is 0. The molecule has 7 nitrogen and oxygen atoms in total. The molecule has 4 rings (SSSR count). The predicted molar refractivity (Wildman–Crippen MR) is 164 cm³/mol. The first kappa shape index (κ1) is 32.5. The van der Waals surface area contributed by atoms with E-state index in [9.17, 15) is 22.8 Å². The normalized spacial score (nSPS) is 16.7. The van der Waals surface area contributed by atoms with E-state index in [4.69, 9.17) is 33.0 Å². The van der Waals surface area contributed by atoms with Gasteiger partial charge in [0.1, 0.15) is 0 Å². The van der Waals surface area contributed by atoms with Crippen molar-refractivity contribution in [2.24, 2.45) is 5.10 Å². The van der Waals surface area contributed by atoms with Crippen LogP contribution in [0.1, 0.15) is 44.4 Å². The molecule has 0 aliphatic carbocycles. The lowest BCUT2D eigenvalue weighted by atomic mass is 9.76. The van der Waals surface area contributed by atoms with E-state index in [-0.39, 0.29) is 18.8 Å². The molecule has 3 aromatic rings. The fraction of sp³-hybridized carbons (Fsp3) is 0.300. The zero-order valence-corrected chi connectivity index (χ0v) is 26.1. The third-order valence-electron chi connectivity index (χ3n) is 6.72. The molecule has 3 aromatic carbocycles. The van der Waals surface area contributed by atoms with Crippen LogP contribution in [0.25, 0.3) is 0 Å². The first-order valence-electron chi connectivity index (χ1n) is 13.3. The van der Waals surface area contributed by atoms with Gasteiger partial charge in [-0.2, -0.15) is 18.3 Å². The van der Waals surface area contributed by atoms with Gasteiger partial charge >= 0.3 is 18.3 Å². The summed E-state index contributed by atoms with van der Waals surface area (Å²) < 4.78 is 47.5. The van der Waals surface area contributed by atoms with Crippen LogP contribution in [0.4, 0.5) is 28.4 Å². The van der Waals surface area contributed by atoms with E-state index >= 15 is 0 Å². The van der Waals surface area contributed by atoms with Crippen LogP contribution in [0.15, 0.2) is 77.9 Å². The lowest BCUT2D eigenvalue weighted by molar-refractivity contribution is -0.137. The molecule has 43 heavy (non-hydrogen) atoms. The van der Waals surface area contributed by atoms with Crippen LogP contribution >= 0.6 is 35.3 Å². The van der Waals surface area contributed by atoms with Crippen LogP contribution in [0, 0.1) is 0 Å². The topological polar surface area (TPSA) is 65.5 Å². The van der Waals surface area contributed by atoms with Gasteiger partial charge in [0.2, 0.25) is 0 Å². The molecule has 0 N–H and O–H groups in total. The van der Waals surface area contributed by atoms with Crippen LogP contribution in [-0.4, -0.2) is 46.3 Å². The monoisotopic (exact) mass is 652 g/mol. The summed E-state index contributed by atoms with van der Waals surface area (Å²) in [5.74, 6) is 0. The smallest absolute Gasteiger partial charge is 0.421 e. The Labute approximate surface area is 262 Å². The number of benzene rings is 3. The van der Waals surface area contributed by atoms with Gasteiger partial charge in [0.25, 0.3) is 0 Å². The third kappa shape index (κ3) is 7.22. The maximum Gasteiger partial charge on any atom is 0.421 e. The quantitative estimate of drug-likeness (QED) is 0.239. The molecule has 228 valence electrons. The van der Waals surface area contributed by atoms with E-state index in [0.29, 0.717) is 15.8 Å². The Morgan fingerprint density at radius 1 is 1.00 bits per heavy atom. The highest BCUT2D eigenvalue weighted by atomic mass is 35.5. The summed E-state index contributed by atoms with van der Waals surface area (Å²) in [6.45, 7) is 7.22. The van der Waals surface area contributed by atoms with Crippen LogP contribution in [0.5, 0.6) is 0 Å². The Balaban J connectivity index is 1.79. The fourth-order valence-corrected chi connectivity index (χ4v) is 5.59. The average Bonchev–Trinajstić information content (AvgIpc) is 3.32. The second-order valence-corrected chi connectivity index (χ2v) is 12.0. The number of urea groups is 1. The zero-order chi connectivity index (χ0) is 31.5. The van der Waals surface area contributed by atoms with Gasteiger partial charge in [-0.15, -0.1) is 0 Å². The van der Waals surface area contributed by atoms with Gasteiger partial charge < -0.3 is 4.74 Å². The van der Waals surface area contributed by atoms with Gasteiger partial charge in [-0.3, -0.25) is 0 Å². The lowest BCUT2D eigenvalue weighted by Crippen LogP contribution is -2.44. The number of carbonyl (C=O) groups excluding carboxylic acids is 2. The molecule has 1 atom stereocenters. The van der Waals surface area contributed by atoms with Gasteiger partial charge in [0, 0.05) is 16.1 Å². The first-order chi connectivity index (χ1) is 20.2. The van der Waals surface area contributed by atoms with E-state index in [1.807, 2.05) is 19.1 Å². The van der Waals surface area contributed by atoms with Crippen LogP contribution in [0.3, 0.4) is 0 Å². The summed E-state index contributed by atoms with van der Waals surface area (Å²) in [5.41, 5.74) is 0.568. The van der Waals surface area contributed by atoms with E-state index in [1.54, 1.807) is 57.2 Å². The number of amides is 3. The molecule has 0 saturated heterocycles. The number of anilines is 1. The predicted octanol–water partition coefficient (Wildman–Crippen LogP) is 9.05. The molecular weight excluding hydrogens is 624 g/mol. The Morgan fingerprint density at radius 3 is 2.07 bits per heavy atom. The molecule has 3 amide bonds. The van der Waals surface area contributed by atoms with Crippen molar-refractivity contribution in [3.05, 3.63) is 99.5 Å². The van der Waals surface area contributed by atoms with Crippen LogP contribution < -0.4 is 4.31 Å². The second-order valence-electron chi connectivity index (χ2n) is 10.2. The minimum absolute atomic E-state index is 0.0875. The van der Waals surface area contributed by atoms with E-state index in [1.165, 1.54) is 21.4 Å². The molecule has 0 radical (unpaired) electrons. The third-order valence-corrected chi connectivity index (χ3v) is 8.50. The van der Waals surface area contributed by atoms with Gasteiger partial charge in [0.05, 0.1) is 47.7 Å². The SMILES string of the molecule is CCOC(=O)N(SN(C(=O)N1CC(C)(c2ccc(Cl)cc2)C(c2ccc(Cl)cc2)=N1)c1ccc(C(F)(F)F)cc1)C(C)C. The van der Waals surface area contributed by atoms with Gasteiger partial charge in [0.15, 0.2) is 0 Å². The summed E-state index contributed by atoms with van der Waals surface area (Å²) in [6.07, 6.45) is -5.27. The molecule has 1 unspecified atom stereocenters. The molecule has 1 aliphatic rings. The number of nitrogens with zero attached hydrogens (tertiary/aromatic N) is 4. The Kier molecular flexibility index (Phi) is 9.88. The second kappa shape index (κ2) is 13.1. The highest BCUT2D eigenvalue weighted by Crippen LogP contribution is 2.39. The zero-order valence-electron chi connectivity index (χ0n) is 23.7. The summed E-state index contributed by atoms with van der Waals surface area (Å²) >= 11 is 13.0. The van der Waals surface area contributed by atoms with Crippen molar-refractivity contribution in [2.75, 3.05) is 17.5 Å². The number of carbonyl (C=O) groups is 2. The van der Waals surface area contributed by atoms with Crippen molar-refractivity contribution in [3.63, 3.8) is 0 Å². The molecule has 0 aromatic heterocycles. The molecule has 0 fully saturated rings. The highest BCUT2D eigenvalue weighted by molar-refractivity contribution is 7.99. The van der Waals surface area contributed by atoms with Crippen molar-refractivity contribution >= 4 is 58.9 Å². The van der Waals surface area contributed by atoms with E-state index in [0.717, 1.165) is 39.7 Å². The molecule has 0 bridgehead atoms. The van der Waals surface area contributed by atoms with Gasteiger partial charge in [-0.05, 0) is 87.4 Å². The minimum Gasteiger partial charge on any atom is -0.449 e. The Bertz CT molecular complexity index is 1490. The van der Waals surface area contributed by atoms with Crippen molar-refractivity contribution in [1.82, 2.24) is 9.31 Å². The number of halogens is 5. The van der Waals surface area contributed by atoms with Gasteiger partial charge in [-0.25, -0.2) is 23.2 Å². The summed E-state index contributed by atoms with van der Waals surface area (Å²) in [7, 11) is 0. The maximum absolute atomic E-state index is 14.3. The number of hydrogen-bond acceptors (Lipinski definition) is 5. The molecule has 1 aliphatic heterocycles. The van der Waals surface area contributed by atoms with E-state index in [2.05, 4.69) is 0 Å². The molecule has 0 spiro atoms. The molecular formula is C30H29Cl2F3N4O3S. The summed E-state index contributed by atoms with van der Waals surface area (Å²) in [5, 5.41) is 7.05. The fourth-order valence-electron chi connectivity index (χ4n) is 4.48. The first-order valence-corrected chi connectivity index (χ1v) is 14.8. The lowest BCUT2D eigenvalue weighted by Gasteiger charge is -2.32. The molecule has 13 heteroatoms. The number of hydrazone groups is 1. The van der Waals surface area contributed by atoms with Crippen molar-refractivity contribution in [3.8, 4) is 0 Å². The number of rotatable bonds is 7. The average molecular weight is 654 g/mol. The van der Waals surface area contributed by atoms with Crippen molar-refractivity contribution in [1.29, 1.82) is 0 Å². The summed E-state index contributed by atoms with van der Waals surface area (Å²) in [4.78, 5) is 27.0.